The van der Waals surface area contributed by atoms with Gasteiger partial charge in [-0.25, -0.2) is 0 Å². The van der Waals surface area contributed by atoms with E-state index >= 15 is 0 Å². The molecule has 2 aromatic carbocycles. The van der Waals surface area contributed by atoms with Crippen LogP contribution in [0.5, 0.6) is 5.75 Å². The number of nitrogens with one attached hydrogen (secondary N) is 1. The lowest BCUT2D eigenvalue weighted by Gasteiger charge is -2.14. The second-order valence-corrected chi connectivity index (χ2v) is 7.30. The molecule has 0 unspecified atom stereocenters. The molecule has 3 rings (SSSR count). The van der Waals surface area contributed by atoms with Gasteiger partial charge in [0.15, 0.2) is 0 Å². The molecular formula is C21H23BrN2O2. The van der Waals surface area contributed by atoms with Gasteiger partial charge in [-0.15, -0.1) is 0 Å². The van der Waals surface area contributed by atoms with Gasteiger partial charge in [-0.05, 0) is 67.9 Å². The Morgan fingerprint density at radius 1 is 1.19 bits per heavy atom. The van der Waals surface area contributed by atoms with E-state index in [1.165, 1.54) is 37.6 Å². The second-order valence-electron chi connectivity index (χ2n) is 6.39. The molecule has 1 N–H and O–H groups in total. The first kappa shape index (κ1) is 18.7. The first-order chi connectivity index (χ1) is 12.6. The van der Waals surface area contributed by atoms with Crippen LogP contribution in [-0.4, -0.2) is 31.0 Å². The van der Waals surface area contributed by atoms with Gasteiger partial charge < -0.3 is 10.1 Å². The number of amides is 1. The molecule has 0 aromatic heterocycles. The van der Waals surface area contributed by atoms with E-state index < -0.39 is 0 Å². The van der Waals surface area contributed by atoms with Crippen LogP contribution in [0.25, 0.3) is 6.08 Å². The van der Waals surface area contributed by atoms with E-state index in [1.54, 1.807) is 13.2 Å². The van der Waals surface area contributed by atoms with E-state index in [0.29, 0.717) is 0 Å². The molecule has 2 aromatic rings. The van der Waals surface area contributed by atoms with Crippen molar-refractivity contribution in [1.82, 2.24) is 4.90 Å². The van der Waals surface area contributed by atoms with E-state index in [4.69, 9.17) is 4.74 Å². The van der Waals surface area contributed by atoms with Gasteiger partial charge in [-0.1, -0.05) is 28.1 Å². The minimum absolute atomic E-state index is 0.167. The monoisotopic (exact) mass is 414 g/mol. The Hall–Kier alpha value is -2.11. The summed E-state index contributed by atoms with van der Waals surface area (Å²) in [5.41, 5.74) is 2.92. The average Bonchev–Trinajstić information content (AvgIpc) is 3.15. The lowest BCUT2D eigenvalue weighted by atomic mass is 10.2. The molecule has 0 saturated carbocycles. The number of methoxy groups -OCH3 is 1. The Balaban J connectivity index is 1.58. The summed E-state index contributed by atoms with van der Waals surface area (Å²) in [4.78, 5) is 14.6. The maximum Gasteiger partial charge on any atom is 0.248 e. The van der Waals surface area contributed by atoms with Crippen LogP contribution in [0.4, 0.5) is 5.69 Å². The largest absolute Gasteiger partial charge is 0.496 e. The Morgan fingerprint density at radius 2 is 1.92 bits per heavy atom. The number of halogens is 1. The summed E-state index contributed by atoms with van der Waals surface area (Å²) in [5, 5.41) is 2.89. The molecule has 5 heteroatoms. The van der Waals surface area contributed by atoms with Crippen molar-refractivity contribution in [3.05, 3.63) is 64.1 Å². The first-order valence-corrected chi connectivity index (χ1v) is 9.57. The molecule has 0 spiro atoms. The molecule has 26 heavy (non-hydrogen) atoms. The van der Waals surface area contributed by atoms with Crippen molar-refractivity contribution in [3.63, 3.8) is 0 Å². The van der Waals surface area contributed by atoms with E-state index in [9.17, 15) is 4.79 Å². The lowest BCUT2D eigenvalue weighted by Crippen LogP contribution is -2.18. The van der Waals surface area contributed by atoms with Gasteiger partial charge in [0.05, 0.1) is 7.11 Å². The van der Waals surface area contributed by atoms with Crippen molar-refractivity contribution in [1.29, 1.82) is 0 Å². The first-order valence-electron chi connectivity index (χ1n) is 8.78. The second kappa shape index (κ2) is 9.01. The summed E-state index contributed by atoms with van der Waals surface area (Å²) in [6, 6.07) is 13.7. The van der Waals surface area contributed by atoms with Crippen molar-refractivity contribution in [3.8, 4) is 5.75 Å². The van der Waals surface area contributed by atoms with Gasteiger partial charge in [0.1, 0.15) is 5.75 Å². The van der Waals surface area contributed by atoms with Crippen LogP contribution in [0.3, 0.4) is 0 Å². The number of anilines is 1. The summed E-state index contributed by atoms with van der Waals surface area (Å²) in [6.07, 6.45) is 5.86. The van der Waals surface area contributed by atoms with Crippen LogP contribution in [0.1, 0.15) is 24.0 Å². The molecule has 0 bridgehead atoms. The molecule has 136 valence electrons. The minimum atomic E-state index is -0.167. The standard InChI is InChI=1S/C21H23BrN2O2/c1-26-20-10-7-18(22)14-17(20)6-11-21(25)23-19-8-4-16(5-9-19)15-24-12-2-3-13-24/h4-11,14H,2-3,12-13,15H2,1H3,(H,23,25). The molecule has 1 amide bonds. The zero-order valence-electron chi connectivity index (χ0n) is 14.9. The van der Waals surface area contributed by atoms with Gasteiger partial charge in [0.25, 0.3) is 0 Å². The van der Waals surface area contributed by atoms with Crippen molar-refractivity contribution < 1.29 is 9.53 Å². The third-order valence-electron chi connectivity index (χ3n) is 4.43. The number of ether oxygens (including phenoxy) is 1. The Bertz CT molecular complexity index is 781. The highest BCUT2D eigenvalue weighted by Crippen LogP contribution is 2.24. The predicted octanol–water partition coefficient (Wildman–Crippen LogP) is 4.71. The number of nitrogens with zero attached hydrogens (tertiary/aromatic N) is 1. The van der Waals surface area contributed by atoms with Crippen molar-refractivity contribution in [2.45, 2.75) is 19.4 Å². The van der Waals surface area contributed by atoms with Crippen molar-refractivity contribution in [2.75, 3.05) is 25.5 Å². The molecule has 0 radical (unpaired) electrons. The zero-order chi connectivity index (χ0) is 18.4. The molecule has 1 saturated heterocycles. The fourth-order valence-corrected chi connectivity index (χ4v) is 3.46. The zero-order valence-corrected chi connectivity index (χ0v) is 16.5. The van der Waals surface area contributed by atoms with Crippen molar-refractivity contribution >= 4 is 33.6 Å². The van der Waals surface area contributed by atoms with Crippen LogP contribution in [0, 0.1) is 0 Å². The predicted molar refractivity (Wildman–Crippen MR) is 109 cm³/mol. The molecule has 4 nitrogen and oxygen atoms in total. The Morgan fingerprint density at radius 3 is 2.62 bits per heavy atom. The third-order valence-corrected chi connectivity index (χ3v) is 4.93. The van der Waals surface area contributed by atoms with Crippen LogP contribution < -0.4 is 10.1 Å². The molecule has 1 heterocycles. The van der Waals surface area contributed by atoms with E-state index in [2.05, 4.69) is 38.3 Å². The number of hydrogen-bond acceptors (Lipinski definition) is 3. The number of carbonyl (C=O) groups is 1. The highest BCUT2D eigenvalue weighted by molar-refractivity contribution is 9.10. The van der Waals surface area contributed by atoms with Crippen LogP contribution in [-0.2, 0) is 11.3 Å². The summed E-state index contributed by atoms with van der Waals surface area (Å²) in [7, 11) is 1.62. The highest BCUT2D eigenvalue weighted by atomic mass is 79.9. The SMILES string of the molecule is COc1ccc(Br)cc1C=CC(=O)Nc1ccc(CN2CCCC2)cc1. The smallest absolute Gasteiger partial charge is 0.248 e. The molecule has 0 aliphatic carbocycles. The van der Waals surface area contributed by atoms with Crippen LogP contribution in [0.15, 0.2) is 53.0 Å². The Labute approximate surface area is 163 Å². The number of likely N-dealkylation sites (tertiary alicyclic amines) is 1. The van der Waals surface area contributed by atoms with Gasteiger partial charge in [0.2, 0.25) is 5.91 Å². The normalized spacial score (nSPS) is 14.7. The van der Waals surface area contributed by atoms with E-state index in [-0.39, 0.29) is 5.91 Å². The van der Waals surface area contributed by atoms with E-state index in [0.717, 1.165) is 28.0 Å². The number of carbonyl (C=O) groups excluding carboxylic acids is 1. The maximum absolute atomic E-state index is 12.2. The van der Waals surface area contributed by atoms with Gasteiger partial charge in [-0.3, -0.25) is 9.69 Å². The van der Waals surface area contributed by atoms with Crippen LogP contribution >= 0.6 is 15.9 Å². The average molecular weight is 415 g/mol. The van der Waals surface area contributed by atoms with Gasteiger partial charge in [0, 0.05) is 28.3 Å². The highest BCUT2D eigenvalue weighted by Gasteiger charge is 2.11. The topological polar surface area (TPSA) is 41.6 Å². The number of hydrogen-bond donors (Lipinski definition) is 1. The third kappa shape index (κ3) is 5.19. The summed E-state index contributed by atoms with van der Waals surface area (Å²) in [6.45, 7) is 3.35. The van der Waals surface area contributed by atoms with Gasteiger partial charge in [-0.2, -0.15) is 0 Å². The molecule has 1 fully saturated rings. The Kier molecular flexibility index (Phi) is 6.47. The van der Waals surface area contributed by atoms with E-state index in [1.807, 2.05) is 30.3 Å². The summed E-state index contributed by atoms with van der Waals surface area (Å²) in [5.74, 6) is 0.558. The molecule has 0 atom stereocenters. The quantitative estimate of drug-likeness (QED) is 0.696. The summed E-state index contributed by atoms with van der Waals surface area (Å²) < 4.78 is 6.25. The molecule has 1 aliphatic heterocycles. The lowest BCUT2D eigenvalue weighted by molar-refractivity contribution is -0.111. The number of rotatable bonds is 6. The number of benzene rings is 2. The van der Waals surface area contributed by atoms with Crippen LogP contribution in [0.2, 0.25) is 0 Å². The summed E-state index contributed by atoms with van der Waals surface area (Å²) >= 11 is 3.43. The maximum atomic E-state index is 12.2. The van der Waals surface area contributed by atoms with Crippen molar-refractivity contribution in [2.24, 2.45) is 0 Å². The molecular weight excluding hydrogens is 392 g/mol. The fraction of sp³-hybridized carbons (Fsp3) is 0.286. The van der Waals surface area contributed by atoms with Gasteiger partial charge >= 0.3 is 0 Å². The fourth-order valence-electron chi connectivity index (χ4n) is 3.08. The minimum Gasteiger partial charge on any atom is -0.496 e. The molecule has 1 aliphatic rings.